The van der Waals surface area contributed by atoms with Gasteiger partial charge in [-0.15, -0.1) is 0 Å². The van der Waals surface area contributed by atoms with Gasteiger partial charge in [0.15, 0.2) is 17.5 Å². The fraction of sp³-hybridized carbons (Fsp3) is 0.533. The van der Waals surface area contributed by atoms with E-state index in [-0.39, 0.29) is 19.1 Å². The molecule has 1 aromatic rings. The van der Waals surface area contributed by atoms with Crippen LogP contribution in [-0.2, 0) is 6.54 Å². The molecule has 0 unspecified atom stereocenters. The first-order valence-corrected chi connectivity index (χ1v) is 7.53. The van der Waals surface area contributed by atoms with Gasteiger partial charge in [-0.3, -0.25) is 0 Å². The summed E-state index contributed by atoms with van der Waals surface area (Å²) in [5, 5.41) is 6.24. The highest BCUT2D eigenvalue weighted by Crippen LogP contribution is 2.38. The molecule has 23 heavy (non-hydrogen) atoms. The average Bonchev–Trinajstić information content (AvgIpc) is 2.96. The lowest BCUT2D eigenvalue weighted by molar-refractivity contribution is -0.0505. The molecule has 0 aromatic heterocycles. The minimum atomic E-state index is -2.91. The molecular weight excluding hydrogens is 308 g/mol. The van der Waals surface area contributed by atoms with Crippen molar-refractivity contribution in [2.45, 2.75) is 33.4 Å². The van der Waals surface area contributed by atoms with Gasteiger partial charge >= 0.3 is 6.61 Å². The molecule has 0 atom stereocenters. The van der Waals surface area contributed by atoms with Gasteiger partial charge in [-0.25, -0.2) is 4.99 Å². The van der Waals surface area contributed by atoms with Gasteiger partial charge in [0, 0.05) is 24.7 Å². The van der Waals surface area contributed by atoms with Gasteiger partial charge in [0.25, 0.3) is 0 Å². The van der Waals surface area contributed by atoms with E-state index >= 15 is 0 Å². The summed E-state index contributed by atoms with van der Waals surface area (Å²) < 4.78 is 40.2. The SMILES string of the molecule is CCCNC(=NCc1cc2c(cc1OC(F)F)OCO2)NCC. The fourth-order valence-corrected chi connectivity index (χ4v) is 2.04. The molecule has 2 rings (SSSR count). The Morgan fingerprint density at radius 2 is 2.00 bits per heavy atom. The summed E-state index contributed by atoms with van der Waals surface area (Å²) in [7, 11) is 0. The summed E-state index contributed by atoms with van der Waals surface area (Å²) in [6.07, 6.45) is 0.953. The third-order valence-electron chi connectivity index (χ3n) is 3.07. The number of hydrogen-bond donors (Lipinski definition) is 2. The normalized spacial score (nSPS) is 13.3. The van der Waals surface area contributed by atoms with Crippen LogP contribution in [0.15, 0.2) is 17.1 Å². The molecule has 0 spiro atoms. The third-order valence-corrected chi connectivity index (χ3v) is 3.07. The number of aliphatic imine (C=N–C) groups is 1. The smallest absolute Gasteiger partial charge is 0.387 e. The van der Waals surface area contributed by atoms with Crippen LogP contribution in [0.5, 0.6) is 17.2 Å². The van der Waals surface area contributed by atoms with E-state index in [9.17, 15) is 8.78 Å². The van der Waals surface area contributed by atoms with Crippen LogP contribution in [-0.4, -0.2) is 32.5 Å². The maximum atomic E-state index is 12.6. The molecule has 0 saturated carbocycles. The number of nitrogens with zero attached hydrogens (tertiary/aromatic N) is 1. The summed E-state index contributed by atoms with van der Waals surface area (Å²) in [4.78, 5) is 4.39. The Kier molecular flexibility index (Phi) is 6.25. The molecule has 8 heteroatoms. The number of benzene rings is 1. The zero-order chi connectivity index (χ0) is 16.7. The lowest BCUT2D eigenvalue weighted by atomic mass is 10.1. The molecule has 6 nitrogen and oxygen atoms in total. The second-order valence-electron chi connectivity index (χ2n) is 4.81. The zero-order valence-electron chi connectivity index (χ0n) is 13.2. The predicted octanol–water partition coefficient (Wildman–Crippen LogP) is 2.48. The molecule has 0 aliphatic carbocycles. The van der Waals surface area contributed by atoms with Crippen molar-refractivity contribution in [2.24, 2.45) is 4.99 Å². The second-order valence-corrected chi connectivity index (χ2v) is 4.81. The molecule has 0 saturated heterocycles. The van der Waals surface area contributed by atoms with E-state index in [2.05, 4.69) is 20.4 Å². The van der Waals surface area contributed by atoms with Crippen molar-refractivity contribution < 1.29 is 23.0 Å². The lowest BCUT2D eigenvalue weighted by Crippen LogP contribution is -2.37. The van der Waals surface area contributed by atoms with Crippen molar-refractivity contribution >= 4 is 5.96 Å². The van der Waals surface area contributed by atoms with Gasteiger partial charge in [0.05, 0.1) is 6.54 Å². The van der Waals surface area contributed by atoms with Crippen molar-refractivity contribution in [3.63, 3.8) is 0 Å². The Morgan fingerprint density at radius 1 is 1.26 bits per heavy atom. The van der Waals surface area contributed by atoms with E-state index in [4.69, 9.17) is 9.47 Å². The van der Waals surface area contributed by atoms with Gasteiger partial charge in [-0.1, -0.05) is 6.92 Å². The number of fused-ring (bicyclic) bond motifs is 1. The summed E-state index contributed by atoms with van der Waals surface area (Å²) in [6, 6.07) is 3.03. The fourth-order valence-electron chi connectivity index (χ4n) is 2.04. The summed E-state index contributed by atoms with van der Waals surface area (Å²) in [5.41, 5.74) is 0.503. The molecule has 128 valence electrons. The summed E-state index contributed by atoms with van der Waals surface area (Å²) in [6.45, 7) is 2.81. The highest BCUT2D eigenvalue weighted by Gasteiger charge is 2.20. The van der Waals surface area contributed by atoms with Gasteiger partial charge in [-0.05, 0) is 19.4 Å². The molecular formula is C15H21F2N3O3. The van der Waals surface area contributed by atoms with Gasteiger partial charge in [-0.2, -0.15) is 8.78 Å². The Hall–Kier alpha value is -2.25. The summed E-state index contributed by atoms with van der Waals surface area (Å²) in [5.74, 6) is 1.56. The van der Waals surface area contributed by atoms with E-state index in [1.807, 2.05) is 13.8 Å². The van der Waals surface area contributed by atoms with E-state index in [1.54, 1.807) is 6.07 Å². The van der Waals surface area contributed by atoms with Crippen molar-refractivity contribution in [1.82, 2.24) is 10.6 Å². The standard InChI is InChI=1S/C15H21F2N3O3/c1-3-5-19-15(18-4-2)20-8-10-6-12-13(22-9-21-12)7-11(10)23-14(16)17/h6-7,14H,3-5,8-9H2,1-2H3,(H2,18,19,20). The first-order chi connectivity index (χ1) is 11.1. The van der Waals surface area contributed by atoms with Crippen molar-refractivity contribution in [3.05, 3.63) is 17.7 Å². The van der Waals surface area contributed by atoms with Gasteiger partial charge in [0.2, 0.25) is 6.79 Å². The van der Waals surface area contributed by atoms with Gasteiger partial charge < -0.3 is 24.8 Å². The number of guanidine groups is 1. The third kappa shape index (κ3) is 4.87. The van der Waals surface area contributed by atoms with Crippen molar-refractivity contribution in [3.8, 4) is 17.2 Å². The lowest BCUT2D eigenvalue weighted by Gasteiger charge is -2.13. The number of hydrogen-bond acceptors (Lipinski definition) is 4. The van der Waals surface area contributed by atoms with Gasteiger partial charge in [0.1, 0.15) is 5.75 Å². The molecule has 1 heterocycles. The van der Waals surface area contributed by atoms with Crippen LogP contribution >= 0.6 is 0 Å². The Balaban J connectivity index is 2.19. The first kappa shape index (κ1) is 17.1. The highest BCUT2D eigenvalue weighted by atomic mass is 19.3. The van der Waals surface area contributed by atoms with Crippen LogP contribution in [0, 0.1) is 0 Å². The Morgan fingerprint density at radius 3 is 2.65 bits per heavy atom. The Labute approximate surface area is 133 Å². The molecule has 2 N–H and O–H groups in total. The Bertz CT molecular complexity index is 553. The van der Waals surface area contributed by atoms with E-state index in [0.29, 0.717) is 29.6 Å². The monoisotopic (exact) mass is 329 g/mol. The van der Waals surface area contributed by atoms with Crippen LogP contribution in [0.4, 0.5) is 8.78 Å². The maximum absolute atomic E-state index is 12.6. The largest absolute Gasteiger partial charge is 0.454 e. The topological polar surface area (TPSA) is 64.1 Å². The van der Waals surface area contributed by atoms with E-state index < -0.39 is 6.61 Å². The minimum Gasteiger partial charge on any atom is -0.454 e. The molecule has 0 fully saturated rings. The average molecular weight is 329 g/mol. The number of nitrogens with one attached hydrogen (secondary N) is 2. The van der Waals surface area contributed by atoms with Crippen LogP contribution in [0.25, 0.3) is 0 Å². The summed E-state index contributed by atoms with van der Waals surface area (Å²) >= 11 is 0. The molecule has 0 amide bonds. The number of ether oxygens (including phenoxy) is 3. The molecule has 1 aliphatic rings. The number of rotatable bonds is 7. The van der Waals surface area contributed by atoms with E-state index in [0.717, 1.165) is 13.0 Å². The predicted molar refractivity (Wildman–Crippen MR) is 82.3 cm³/mol. The zero-order valence-corrected chi connectivity index (χ0v) is 13.2. The molecule has 1 aliphatic heterocycles. The molecule has 1 aromatic carbocycles. The minimum absolute atomic E-state index is 0.0411. The van der Waals surface area contributed by atoms with Crippen LogP contribution in [0.1, 0.15) is 25.8 Å². The molecule has 0 radical (unpaired) electrons. The second kappa shape index (κ2) is 8.40. The number of alkyl halides is 2. The highest BCUT2D eigenvalue weighted by molar-refractivity contribution is 5.79. The van der Waals surface area contributed by atoms with Crippen molar-refractivity contribution in [2.75, 3.05) is 19.9 Å². The maximum Gasteiger partial charge on any atom is 0.387 e. The van der Waals surface area contributed by atoms with Crippen molar-refractivity contribution in [1.29, 1.82) is 0 Å². The first-order valence-electron chi connectivity index (χ1n) is 7.53. The quantitative estimate of drug-likeness (QED) is 0.594. The van der Waals surface area contributed by atoms with Crippen LogP contribution in [0.2, 0.25) is 0 Å². The van der Waals surface area contributed by atoms with Crippen LogP contribution in [0.3, 0.4) is 0 Å². The molecule has 0 bridgehead atoms. The number of halogens is 2. The van der Waals surface area contributed by atoms with E-state index in [1.165, 1.54) is 6.07 Å². The van der Waals surface area contributed by atoms with Crippen LogP contribution < -0.4 is 24.8 Å².